The number of nitrogens with two attached hydrogens (primary N) is 1. The van der Waals surface area contributed by atoms with Gasteiger partial charge in [0.1, 0.15) is 0 Å². The summed E-state index contributed by atoms with van der Waals surface area (Å²) in [5.74, 6) is -0.169. The lowest BCUT2D eigenvalue weighted by molar-refractivity contribution is 0.0934. The van der Waals surface area contributed by atoms with Crippen molar-refractivity contribution in [2.45, 2.75) is 37.5 Å². The second-order valence-electron chi connectivity index (χ2n) is 4.40. The molecule has 1 aliphatic rings. The number of rotatable bonds is 3. The molecule has 0 aromatic carbocycles. The number of carbonyl (C=O) groups excluding carboxylic acids is 1. The van der Waals surface area contributed by atoms with E-state index in [0.717, 1.165) is 12.1 Å². The minimum absolute atomic E-state index is 0.169. The lowest BCUT2D eigenvalue weighted by Crippen LogP contribution is -2.39. The molecule has 0 aliphatic heterocycles. The van der Waals surface area contributed by atoms with Crippen LogP contribution in [0.15, 0.2) is 0 Å². The lowest BCUT2D eigenvalue weighted by Gasteiger charge is -2.18. The van der Waals surface area contributed by atoms with Crippen molar-refractivity contribution in [1.82, 2.24) is 15.5 Å². The fourth-order valence-corrected chi connectivity index (χ4v) is 3.16. The molecule has 1 aromatic rings. The van der Waals surface area contributed by atoms with Crippen molar-refractivity contribution < 1.29 is 4.79 Å². The van der Waals surface area contributed by atoms with Gasteiger partial charge in [-0.1, -0.05) is 6.42 Å². The number of H-pyrrole nitrogens is 1. The third-order valence-electron chi connectivity index (χ3n) is 3.28. The van der Waals surface area contributed by atoms with Gasteiger partial charge in [-0.2, -0.15) is 16.9 Å². The number of aromatic nitrogens is 2. The van der Waals surface area contributed by atoms with Gasteiger partial charge < -0.3 is 11.1 Å². The van der Waals surface area contributed by atoms with Crippen molar-refractivity contribution in [2.24, 2.45) is 0 Å². The van der Waals surface area contributed by atoms with Crippen molar-refractivity contribution in [2.75, 3.05) is 12.0 Å². The van der Waals surface area contributed by atoms with Gasteiger partial charge in [0.25, 0.3) is 5.91 Å². The van der Waals surface area contributed by atoms with Crippen molar-refractivity contribution in [1.29, 1.82) is 0 Å². The Balaban J connectivity index is 2.04. The molecule has 1 aromatic heterocycles. The van der Waals surface area contributed by atoms with Gasteiger partial charge in [0, 0.05) is 11.3 Å². The van der Waals surface area contributed by atoms with E-state index in [1.807, 2.05) is 11.8 Å². The van der Waals surface area contributed by atoms with Crippen LogP contribution in [0.2, 0.25) is 0 Å². The number of anilines is 1. The highest BCUT2D eigenvalue weighted by Crippen LogP contribution is 2.28. The maximum Gasteiger partial charge on any atom is 0.274 e. The molecule has 2 unspecified atom stereocenters. The number of nitrogens with zero attached hydrogens (tertiary/aromatic N) is 1. The second-order valence-corrected chi connectivity index (χ2v) is 5.47. The van der Waals surface area contributed by atoms with Crippen LogP contribution >= 0.6 is 11.8 Å². The number of hydrogen-bond acceptors (Lipinski definition) is 4. The maximum atomic E-state index is 12.0. The third kappa shape index (κ3) is 2.41. The highest BCUT2D eigenvalue weighted by molar-refractivity contribution is 7.99. The number of amides is 1. The first-order valence-electron chi connectivity index (χ1n) is 5.77. The molecule has 0 saturated heterocycles. The van der Waals surface area contributed by atoms with Crippen LogP contribution in [-0.2, 0) is 0 Å². The van der Waals surface area contributed by atoms with E-state index < -0.39 is 0 Å². The van der Waals surface area contributed by atoms with Gasteiger partial charge in [0.15, 0.2) is 5.69 Å². The zero-order valence-corrected chi connectivity index (χ0v) is 10.9. The van der Waals surface area contributed by atoms with Crippen LogP contribution in [0.4, 0.5) is 5.69 Å². The van der Waals surface area contributed by atoms with Gasteiger partial charge >= 0.3 is 0 Å². The molecule has 0 bridgehead atoms. The SMILES string of the molecule is CSC1CCCC1NC(=O)c1n[nH]c(C)c1N. The molecule has 94 valence electrons. The van der Waals surface area contributed by atoms with Crippen LogP contribution < -0.4 is 11.1 Å². The average Bonchev–Trinajstić information content (AvgIpc) is 2.87. The Hall–Kier alpha value is -1.17. The van der Waals surface area contributed by atoms with Crippen LogP contribution in [0.25, 0.3) is 0 Å². The Kier molecular flexibility index (Phi) is 3.61. The summed E-state index contributed by atoms with van der Waals surface area (Å²) in [5, 5.41) is 10.2. The van der Waals surface area contributed by atoms with Gasteiger partial charge in [-0.25, -0.2) is 0 Å². The fraction of sp³-hybridized carbons (Fsp3) is 0.636. The predicted octanol–water partition coefficient (Wildman–Crippen LogP) is 1.31. The summed E-state index contributed by atoms with van der Waals surface area (Å²) >= 11 is 1.81. The van der Waals surface area contributed by atoms with Crippen LogP contribution in [-0.4, -0.2) is 33.7 Å². The summed E-state index contributed by atoms with van der Waals surface area (Å²) < 4.78 is 0. The van der Waals surface area contributed by atoms with Crippen molar-refractivity contribution in [3.63, 3.8) is 0 Å². The zero-order valence-electron chi connectivity index (χ0n) is 10.1. The molecule has 17 heavy (non-hydrogen) atoms. The fourth-order valence-electron chi connectivity index (χ4n) is 2.22. The van der Waals surface area contributed by atoms with Crippen LogP contribution in [0.3, 0.4) is 0 Å². The molecule has 0 spiro atoms. The highest BCUT2D eigenvalue weighted by Gasteiger charge is 2.29. The number of hydrogen-bond donors (Lipinski definition) is 3. The molecule has 1 saturated carbocycles. The summed E-state index contributed by atoms with van der Waals surface area (Å²) in [6.45, 7) is 1.80. The second kappa shape index (κ2) is 5.00. The third-order valence-corrected chi connectivity index (χ3v) is 4.45. The molecule has 2 atom stereocenters. The smallest absolute Gasteiger partial charge is 0.274 e. The van der Waals surface area contributed by atoms with E-state index in [2.05, 4.69) is 21.8 Å². The first-order chi connectivity index (χ1) is 8.13. The minimum atomic E-state index is -0.169. The van der Waals surface area contributed by atoms with E-state index in [0.29, 0.717) is 16.6 Å². The molecule has 2 rings (SSSR count). The van der Waals surface area contributed by atoms with E-state index >= 15 is 0 Å². The normalized spacial score (nSPS) is 23.9. The average molecular weight is 254 g/mol. The van der Waals surface area contributed by atoms with Crippen LogP contribution in [0.5, 0.6) is 0 Å². The Morgan fingerprint density at radius 2 is 2.35 bits per heavy atom. The Bertz CT molecular complexity index is 418. The van der Waals surface area contributed by atoms with E-state index in [1.165, 1.54) is 12.8 Å². The maximum absolute atomic E-state index is 12.0. The first-order valence-corrected chi connectivity index (χ1v) is 7.06. The van der Waals surface area contributed by atoms with Crippen molar-refractivity contribution in [3.05, 3.63) is 11.4 Å². The summed E-state index contributed by atoms with van der Waals surface area (Å²) in [6.07, 6.45) is 5.47. The number of thioether (sulfide) groups is 1. The van der Waals surface area contributed by atoms with E-state index in [-0.39, 0.29) is 11.9 Å². The molecular weight excluding hydrogens is 236 g/mol. The van der Waals surface area contributed by atoms with E-state index in [4.69, 9.17) is 5.73 Å². The summed E-state index contributed by atoms with van der Waals surface area (Å²) in [6, 6.07) is 0.244. The van der Waals surface area contributed by atoms with Crippen LogP contribution in [0.1, 0.15) is 35.4 Å². The Morgan fingerprint density at radius 1 is 1.59 bits per heavy atom. The summed E-state index contributed by atoms with van der Waals surface area (Å²) in [4.78, 5) is 12.0. The molecule has 6 heteroatoms. The molecule has 1 heterocycles. The largest absolute Gasteiger partial charge is 0.395 e. The van der Waals surface area contributed by atoms with Crippen molar-refractivity contribution >= 4 is 23.4 Å². The number of aryl methyl sites for hydroxylation is 1. The molecule has 4 N–H and O–H groups in total. The summed E-state index contributed by atoms with van der Waals surface area (Å²) in [5.41, 5.74) is 7.28. The van der Waals surface area contributed by atoms with Crippen molar-refractivity contribution in [3.8, 4) is 0 Å². The number of nitrogens with one attached hydrogen (secondary N) is 2. The quantitative estimate of drug-likeness (QED) is 0.759. The number of carbonyl (C=O) groups is 1. The molecule has 5 nitrogen and oxygen atoms in total. The summed E-state index contributed by atoms with van der Waals surface area (Å²) in [7, 11) is 0. The van der Waals surface area contributed by atoms with Gasteiger partial charge in [-0.05, 0) is 26.0 Å². The molecule has 1 fully saturated rings. The molecule has 1 aliphatic carbocycles. The lowest BCUT2D eigenvalue weighted by atomic mass is 10.2. The minimum Gasteiger partial charge on any atom is -0.395 e. The Morgan fingerprint density at radius 3 is 2.94 bits per heavy atom. The van der Waals surface area contributed by atoms with Gasteiger partial charge in [0.2, 0.25) is 0 Å². The monoisotopic (exact) mass is 254 g/mol. The van der Waals surface area contributed by atoms with Gasteiger partial charge in [0.05, 0.1) is 11.4 Å². The zero-order chi connectivity index (χ0) is 12.4. The van der Waals surface area contributed by atoms with Gasteiger partial charge in [-0.15, -0.1) is 0 Å². The molecular formula is C11H18N4OS. The van der Waals surface area contributed by atoms with Crippen LogP contribution in [0, 0.1) is 6.92 Å². The Labute approximate surface area is 105 Å². The molecule has 0 radical (unpaired) electrons. The van der Waals surface area contributed by atoms with E-state index in [1.54, 1.807) is 6.92 Å². The highest BCUT2D eigenvalue weighted by atomic mass is 32.2. The van der Waals surface area contributed by atoms with E-state index in [9.17, 15) is 4.79 Å². The number of nitrogen functional groups attached to an aromatic ring is 1. The first kappa shape index (κ1) is 12.3. The topological polar surface area (TPSA) is 83.8 Å². The molecule has 1 amide bonds. The predicted molar refractivity (Wildman–Crippen MR) is 70.1 cm³/mol. The van der Waals surface area contributed by atoms with Gasteiger partial charge in [-0.3, -0.25) is 9.89 Å². The number of aromatic amines is 1. The standard InChI is InChI=1S/C11H18N4OS/c1-6-9(12)10(15-14-6)11(16)13-7-4-3-5-8(7)17-2/h7-8H,3-5,12H2,1-2H3,(H,13,16)(H,14,15).